The quantitative estimate of drug-likeness (QED) is 0.859. The molecule has 102 valence electrons. The van der Waals surface area contributed by atoms with Crippen molar-refractivity contribution in [3.05, 3.63) is 51.3 Å². The Kier molecular flexibility index (Phi) is 3.99. The summed E-state index contributed by atoms with van der Waals surface area (Å²) in [4.78, 5) is 12.0. The van der Waals surface area contributed by atoms with Crippen LogP contribution >= 0.6 is 0 Å². The van der Waals surface area contributed by atoms with Crippen LogP contribution < -0.4 is 5.56 Å². The fourth-order valence-electron chi connectivity index (χ4n) is 2.06. The highest BCUT2D eigenvalue weighted by Crippen LogP contribution is 2.20. The first-order valence-electron chi connectivity index (χ1n) is 6.62. The zero-order valence-corrected chi connectivity index (χ0v) is 12.0. The number of benzene rings is 1. The molecule has 20 heavy (non-hydrogen) atoms. The Labute approximate surface area is 118 Å². The maximum Gasteiger partial charge on any atom is 0.271 e. The second-order valence-corrected chi connectivity index (χ2v) is 4.81. The second kappa shape index (κ2) is 5.70. The van der Waals surface area contributed by atoms with Crippen molar-refractivity contribution >= 4 is 0 Å². The molecule has 1 aromatic carbocycles. The van der Waals surface area contributed by atoms with Crippen molar-refractivity contribution < 1.29 is 0 Å². The van der Waals surface area contributed by atoms with Crippen LogP contribution in [0.4, 0.5) is 0 Å². The van der Waals surface area contributed by atoms with Crippen LogP contribution in [0.3, 0.4) is 0 Å². The van der Waals surface area contributed by atoms with Gasteiger partial charge in [-0.25, -0.2) is 4.68 Å². The Bertz CT molecular complexity index is 738. The lowest BCUT2D eigenvalue weighted by Crippen LogP contribution is -2.25. The van der Waals surface area contributed by atoms with Crippen LogP contribution in [-0.4, -0.2) is 9.78 Å². The van der Waals surface area contributed by atoms with E-state index in [1.165, 1.54) is 15.8 Å². The molecule has 1 aromatic heterocycles. The van der Waals surface area contributed by atoms with Crippen molar-refractivity contribution in [2.75, 3.05) is 0 Å². The maximum atomic E-state index is 12.0. The van der Waals surface area contributed by atoms with E-state index >= 15 is 0 Å². The molecule has 0 atom stereocenters. The van der Waals surface area contributed by atoms with Gasteiger partial charge in [-0.3, -0.25) is 4.79 Å². The molecule has 0 radical (unpaired) electrons. The Morgan fingerprint density at radius 1 is 1.25 bits per heavy atom. The number of rotatable bonds is 3. The average Bonchev–Trinajstić information content (AvgIpc) is 2.44. The van der Waals surface area contributed by atoms with Gasteiger partial charge in [-0.05, 0) is 44.0 Å². The van der Waals surface area contributed by atoms with Gasteiger partial charge >= 0.3 is 0 Å². The van der Waals surface area contributed by atoms with Gasteiger partial charge < -0.3 is 0 Å². The third-order valence-corrected chi connectivity index (χ3v) is 3.42. The molecule has 2 rings (SSSR count). The van der Waals surface area contributed by atoms with Crippen LogP contribution in [0.5, 0.6) is 0 Å². The summed E-state index contributed by atoms with van der Waals surface area (Å²) in [5.74, 6) is 0. The summed E-state index contributed by atoms with van der Waals surface area (Å²) in [7, 11) is 0. The molecule has 0 amide bonds. The summed E-state index contributed by atoms with van der Waals surface area (Å²) >= 11 is 0. The maximum absolute atomic E-state index is 12.0. The summed E-state index contributed by atoms with van der Waals surface area (Å²) in [5.41, 5.74) is 4.42. The number of aryl methyl sites for hydroxylation is 3. The number of aromatic nitrogens is 2. The highest BCUT2D eigenvalue weighted by molar-refractivity contribution is 5.61. The van der Waals surface area contributed by atoms with Crippen molar-refractivity contribution in [1.29, 1.82) is 5.26 Å². The Morgan fingerprint density at radius 3 is 2.60 bits per heavy atom. The normalized spacial score (nSPS) is 10.3. The van der Waals surface area contributed by atoms with Crippen molar-refractivity contribution in [1.82, 2.24) is 9.78 Å². The van der Waals surface area contributed by atoms with Gasteiger partial charge in [0.15, 0.2) is 0 Å². The Balaban J connectivity index is 2.62. The van der Waals surface area contributed by atoms with Gasteiger partial charge in [-0.15, -0.1) is 0 Å². The molecule has 0 aliphatic rings. The third kappa shape index (κ3) is 2.62. The van der Waals surface area contributed by atoms with Crippen LogP contribution in [0.25, 0.3) is 11.3 Å². The number of nitriles is 1. The predicted octanol–water partition coefficient (Wildman–Crippen LogP) is 2.61. The first kappa shape index (κ1) is 14.0. The Hall–Kier alpha value is -2.41. The fourth-order valence-corrected chi connectivity index (χ4v) is 2.06. The smallest absolute Gasteiger partial charge is 0.267 e. The molecule has 1 heterocycles. The van der Waals surface area contributed by atoms with Crippen molar-refractivity contribution in [2.24, 2.45) is 0 Å². The van der Waals surface area contributed by atoms with E-state index in [2.05, 4.69) is 18.1 Å². The van der Waals surface area contributed by atoms with E-state index in [-0.39, 0.29) is 12.0 Å². The van der Waals surface area contributed by atoms with E-state index in [0.29, 0.717) is 12.1 Å². The molecule has 4 nitrogen and oxygen atoms in total. The molecule has 0 aliphatic carbocycles. The summed E-state index contributed by atoms with van der Waals surface area (Å²) in [6.45, 7) is 6.47. The number of nitrogens with zero attached hydrogens (tertiary/aromatic N) is 3. The molecule has 0 saturated carbocycles. The molecular formula is C16H17N3O. The van der Waals surface area contributed by atoms with E-state index in [1.54, 1.807) is 6.07 Å². The number of hydrogen-bond acceptors (Lipinski definition) is 3. The van der Waals surface area contributed by atoms with E-state index in [0.717, 1.165) is 11.3 Å². The second-order valence-electron chi connectivity index (χ2n) is 4.81. The van der Waals surface area contributed by atoms with Gasteiger partial charge in [0, 0.05) is 17.7 Å². The van der Waals surface area contributed by atoms with Gasteiger partial charge in [0.25, 0.3) is 5.56 Å². The molecule has 0 N–H and O–H groups in total. The summed E-state index contributed by atoms with van der Waals surface area (Å²) in [6.07, 6.45) is 0.110. The van der Waals surface area contributed by atoms with Gasteiger partial charge in [0.2, 0.25) is 0 Å². The monoisotopic (exact) mass is 267 g/mol. The molecule has 4 heteroatoms. The topological polar surface area (TPSA) is 58.7 Å². The standard InChI is InChI=1S/C16H17N3O/c1-4-19-16(20)14(7-8-17)10-15(18-19)13-6-5-11(2)12(3)9-13/h5-6,9-10H,4,7H2,1-3H3. The van der Waals surface area contributed by atoms with Gasteiger partial charge in [0.05, 0.1) is 18.2 Å². The van der Waals surface area contributed by atoms with Crippen LogP contribution in [0.2, 0.25) is 0 Å². The molecule has 0 spiro atoms. The van der Waals surface area contributed by atoms with Crippen molar-refractivity contribution in [2.45, 2.75) is 33.7 Å². The van der Waals surface area contributed by atoms with Gasteiger partial charge in [-0.2, -0.15) is 10.4 Å². The summed E-state index contributed by atoms with van der Waals surface area (Å²) < 4.78 is 1.41. The molecule has 0 unspecified atom stereocenters. The highest BCUT2D eigenvalue weighted by Gasteiger charge is 2.09. The van der Waals surface area contributed by atoms with Crippen LogP contribution in [0.1, 0.15) is 23.6 Å². The van der Waals surface area contributed by atoms with Crippen LogP contribution in [0.15, 0.2) is 29.1 Å². The largest absolute Gasteiger partial charge is 0.271 e. The predicted molar refractivity (Wildman–Crippen MR) is 78.4 cm³/mol. The van der Waals surface area contributed by atoms with Crippen LogP contribution in [0, 0.1) is 25.2 Å². The third-order valence-electron chi connectivity index (χ3n) is 3.42. The lowest BCUT2D eigenvalue weighted by atomic mass is 10.0. The van der Waals surface area contributed by atoms with Gasteiger partial charge in [0.1, 0.15) is 0 Å². The van der Waals surface area contributed by atoms with E-state index in [1.807, 2.05) is 32.0 Å². The molecule has 0 fully saturated rings. The highest BCUT2D eigenvalue weighted by atomic mass is 16.1. The summed E-state index contributed by atoms with van der Waals surface area (Å²) in [6, 6.07) is 9.84. The number of hydrogen-bond donors (Lipinski definition) is 0. The zero-order chi connectivity index (χ0) is 14.7. The zero-order valence-electron chi connectivity index (χ0n) is 12.0. The first-order valence-corrected chi connectivity index (χ1v) is 6.62. The molecule has 0 bridgehead atoms. The first-order chi connectivity index (χ1) is 9.56. The minimum absolute atomic E-state index is 0.110. The minimum Gasteiger partial charge on any atom is -0.267 e. The van der Waals surface area contributed by atoms with E-state index in [4.69, 9.17) is 5.26 Å². The summed E-state index contributed by atoms with van der Waals surface area (Å²) in [5, 5.41) is 13.2. The van der Waals surface area contributed by atoms with E-state index < -0.39 is 0 Å². The molecule has 2 aromatic rings. The SMILES string of the molecule is CCn1nc(-c2ccc(C)c(C)c2)cc(CC#N)c1=O. The lowest BCUT2D eigenvalue weighted by Gasteiger charge is -2.09. The van der Waals surface area contributed by atoms with Crippen molar-refractivity contribution in [3.63, 3.8) is 0 Å². The van der Waals surface area contributed by atoms with E-state index in [9.17, 15) is 4.79 Å². The average molecular weight is 267 g/mol. The molecule has 0 aliphatic heterocycles. The Morgan fingerprint density at radius 2 is 2.00 bits per heavy atom. The van der Waals surface area contributed by atoms with Crippen LogP contribution in [-0.2, 0) is 13.0 Å². The minimum atomic E-state index is -0.179. The lowest BCUT2D eigenvalue weighted by molar-refractivity contribution is 0.613. The van der Waals surface area contributed by atoms with Crippen molar-refractivity contribution in [3.8, 4) is 17.3 Å². The molecule has 0 saturated heterocycles. The fraction of sp³-hybridized carbons (Fsp3) is 0.312. The molecular weight excluding hydrogens is 250 g/mol. The van der Waals surface area contributed by atoms with Gasteiger partial charge in [-0.1, -0.05) is 12.1 Å².